The van der Waals surface area contributed by atoms with Gasteiger partial charge in [0.1, 0.15) is 11.7 Å². The summed E-state index contributed by atoms with van der Waals surface area (Å²) in [6.07, 6.45) is 3.27. The highest BCUT2D eigenvalue weighted by molar-refractivity contribution is 5.97. The molecule has 2 aromatic rings. The van der Waals surface area contributed by atoms with Gasteiger partial charge >= 0.3 is 0 Å². The van der Waals surface area contributed by atoms with E-state index in [0.29, 0.717) is 11.5 Å². The van der Waals surface area contributed by atoms with Gasteiger partial charge in [-0.05, 0) is 24.8 Å². The summed E-state index contributed by atoms with van der Waals surface area (Å²) in [6, 6.07) is 11.2. The number of aromatic amines is 1. The fraction of sp³-hybridized carbons (Fsp3) is 0.368. The van der Waals surface area contributed by atoms with Gasteiger partial charge in [-0.25, -0.2) is 0 Å². The van der Waals surface area contributed by atoms with Crippen molar-refractivity contribution in [2.75, 3.05) is 23.3 Å². The molecule has 4 rings (SSSR count). The third-order valence-electron chi connectivity index (χ3n) is 5.06. The molecule has 0 unspecified atom stereocenters. The summed E-state index contributed by atoms with van der Waals surface area (Å²) in [5.41, 5.74) is 0.806. The van der Waals surface area contributed by atoms with Gasteiger partial charge in [-0.3, -0.25) is 14.6 Å². The molecule has 0 aliphatic carbocycles. The summed E-state index contributed by atoms with van der Waals surface area (Å²) in [5, 5.41) is 12.2. The number of aromatic nitrogens is 2. The van der Waals surface area contributed by atoms with Crippen LogP contribution in [0.1, 0.15) is 36.3 Å². The fourth-order valence-corrected chi connectivity index (χ4v) is 3.77. The van der Waals surface area contributed by atoms with Crippen LogP contribution in [0.5, 0.6) is 0 Å². The van der Waals surface area contributed by atoms with Crippen LogP contribution in [0.15, 0.2) is 35.1 Å². The minimum absolute atomic E-state index is 0.264. The largest absolute Gasteiger partial charge is 0.342 e. The highest BCUT2D eigenvalue weighted by atomic mass is 16.2. The van der Waals surface area contributed by atoms with Gasteiger partial charge in [0, 0.05) is 19.0 Å². The second-order valence-corrected chi connectivity index (χ2v) is 6.68. The maximum atomic E-state index is 12.9. The number of nitriles is 1. The highest BCUT2D eigenvalue weighted by Crippen LogP contribution is 2.38. The normalized spacial score (nSPS) is 22.3. The maximum Gasteiger partial charge on any atom is 0.258 e. The molecular formula is C19H19N5O2. The third kappa shape index (κ3) is 2.73. The first kappa shape index (κ1) is 16.3. The molecule has 132 valence electrons. The number of hydrogen-bond acceptors (Lipinski definition) is 5. The average Bonchev–Trinajstić information content (AvgIpc) is 2.68. The molecule has 26 heavy (non-hydrogen) atoms. The van der Waals surface area contributed by atoms with E-state index in [4.69, 9.17) is 0 Å². The van der Waals surface area contributed by atoms with Gasteiger partial charge in [-0.1, -0.05) is 30.3 Å². The second kappa shape index (κ2) is 6.64. The average molecular weight is 349 g/mol. The lowest BCUT2D eigenvalue weighted by Crippen LogP contribution is -2.40. The highest BCUT2D eigenvalue weighted by Gasteiger charge is 2.40. The van der Waals surface area contributed by atoms with Gasteiger partial charge in [0.25, 0.3) is 5.56 Å². The number of fused-ring (bicyclic) bond motifs is 1. The van der Waals surface area contributed by atoms with Gasteiger partial charge in [-0.15, -0.1) is 0 Å². The van der Waals surface area contributed by atoms with Crippen LogP contribution in [0.25, 0.3) is 0 Å². The standard InChI is InChI=1S/C19H19N5O2/c20-11-13-14(12-7-3-1-4-8-12)15-16(21-17(13)25)22-19(23-18(15)26)24-9-5-2-6-10-24/h1,3-4,7-8,13-14H,2,5-6,9-10H2,(H2,21,22,23,25,26)/t13-,14+/m0/s1. The predicted molar refractivity (Wildman–Crippen MR) is 96.9 cm³/mol. The van der Waals surface area contributed by atoms with E-state index in [1.807, 2.05) is 41.3 Å². The Labute approximate surface area is 150 Å². The molecule has 0 saturated carbocycles. The van der Waals surface area contributed by atoms with Gasteiger partial charge in [-0.2, -0.15) is 10.2 Å². The van der Waals surface area contributed by atoms with Crippen molar-refractivity contribution in [1.29, 1.82) is 5.26 Å². The van der Waals surface area contributed by atoms with Crippen molar-refractivity contribution in [2.24, 2.45) is 5.92 Å². The minimum Gasteiger partial charge on any atom is -0.342 e. The molecule has 2 N–H and O–H groups in total. The molecule has 1 saturated heterocycles. The Hall–Kier alpha value is -3.14. The van der Waals surface area contributed by atoms with Crippen LogP contribution in [0.4, 0.5) is 11.8 Å². The van der Waals surface area contributed by atoms with E-state index < -0.39 is 17.7 Å². The van der Waals surface area contributed by atoms with Crippen LogP contribution in [-0.4, -0.2) is 29.0 Å². The maximum absolute atomic E-state index is 12.9. The molecule has 1 amide bonds. The summed E-state index contributed by atoms with van der Waals surface area (Å²) in [6.45, 7) is 1.66. The Bertz CT molecular complexity index is 925. The van der Waals surface area contributed by atoms with Gasteiger partial charge in [0.15, 0.2) is 0 Å². The minimum atomic E-state index is -0.964. The zero-order valence-electron chi connectivity index (χ0n) is 14.2. The van der Waals surface area contributed by atoms with Gasteiger partial charge in [0.2, 0.25) is 11.9 Å². The molecular weight excluding hydrogens is 330 g/mol. The quantitative estimate of drug-likeness (QED) is 0.863. The number of nitrogens with zero attached hydrogens (tertiary/aromatic N) is 3. The number of H-pyrrole nitrogens is 1. The topological polar surface area (TPSA) is 102 Å². The summed E-state index contributed by atoms with van der Waals surface area (Å²) in [4.78, 5) is 34.8. The molecule has 2 atom stereocenters. The summed E-state index contributed by atoms with van der Waals surface area (Å²) in [5.74, 6) is -1.27. The Balaban J connectivity index is 1.84. The molecule has 7 heteroatoms. The number of benzene rings is 1. The van der Waals surface area contributed by atoms with Crippen LogP contribution in [-0.2, 0) is 4.79 Å². The molecule has 1 aromatic carbocycles. The lowest BCUT2D eigenvalue weighted by molar-refractivity contribution is -0.119. The summed E-state index contributed by atoms with van der Waals surface area (Å²) >= 11 is 0. The van der Waals surface area contributed by atoms with Crippen molar-refractivity contribution < 1.29 is 4.79 Å². The SMILES string of the molecule is N#C[C@@H]1C(=O)Nc2nc(N3CCCCC3)[nH]c(=O)c2[C@@H]1c1ccccc1. The molecule has 0 radical (unpaired) electrons. The first-order valence-electron chi connectivity index (χ1n) is 8.83. The fourth-order valence-electron chi connectivity index (χ4n) is 3.77. The Morgan fingerprint density at radius 3 is 2.54 bits per heavy atom. The zero-order chi connectivity index (χ0) is 18.1. The van der Waals surface area contributed by atoms with Gasteiger partial charge in [0.05, 0.1) is 11.6 Å². The predicted octanol–water partition coefficient (Wildman–Crippen LogP) is 1.98. The van der Waals surface area contributed by atoms with E-state index in [0.717, 1.165) is 31.5 Å². The third-order valence-corrected chi connectivity index (χ3v) is 5.06. The smallest absolute Gasteiger partial charge is 0.258 e. The lowest BCUT2D eigenvalue weighted by Gasteiger charge is -2.31. The van der Waals surface area contributed by atoms with Crippen molar-refractivity contribution in [3.8, 4) is 6.07 Å². The second-order valence-electron chi connectivity index (χ2n) is 6.68. The van der Waals surface area contributed by atoms with Crippen molar-refractivity contribution in [1.82, 2.24) is 9.97 Å². The number of nitrogens with one attached hydrogen (secondary N) is 2. The Kier molecular flexibility index (Phi) is 4.17. The molecule has 0 spiro atoms. The van der Waals surface area contributed by atoms with Crippen molar-refractivity contribution >= 4 is 17.7 Å². The van der Waals surface area contributed by atoms with Crippen LogP contribution in [0.2, 0.25) is 0 Å². The number of piperidine rings is 1. The summed E-state index contributed by atoms with van der Waals surface area (Å²) in [7, 11) is 0. The molecule has 1 aromatic heterocycles. The molecule has 7 nitrogen and oxygen atoms in total. The van der Waals surface area contributed by atoms with E-state index in [2.05, 4.69) is 15.3 Å². The summed E-state index contributed by atoms with van der Waals surface area (Å²) < 4.78 is 0. The molecule has 0 bridgehead atoms. The molecule has 3 heterocycles. The van der Waals surface area contributed by atoms with Crippen molar-refractivity contribution in [2.45, 2.75) is 25.2 Å². The van der Waals surface area contributed by atoms with Crippen LogP contribution < -0.4 is 15.8 Å². The van der Waals surface area contributed by atoms with E-state index >= 15 is 0 Å². The molecule has 1 fully saturated rings. The van der Waals surface area contributed by atoms with E-state index in [-0.39, 0.29) is 11.4 Å². The van der Waals surface area contributed by atoms with E-state index in [1.165, 1.54) is 6.42 Å². The monoisotopic (exact) mass is 349 g/mol. The Morgan fingerprint density at radius 2 is 1.85 bits per heavy atom. The number of rotatable bonds is 2. The van der Waals surface area contributed by atoms with Crippen LogP contribution in [0.3, 0.4) is 0 Å². The zero-order valence-corrected chi connectivity index (χ0v) is 14.2. The van der Waals surface area contributed by atoms with E-state index in [1.54, 1.807) is 0 Å². The molecule has 2 aliphatic rings. The number of amides is 1. The van der Waals surface area contributed by atoms with E-state index in [9.17, 15) is 14.9 Å². The first-order chi connectivity index (χ1) is 12.7. The molecule has 2 aliphatic heterocycles. The number of anilines is 2. The Morgan fingerprint density at radius 1 is 1.12 bits per heavy atom. The number of hydrogen-bond donors (Lipinski definition) is 2. The van der Waals surface area contributed by atoms with Crippen molar-refractivity contribution in [3.05, 3.63) is 51.8 Å². The first-order valence-corrected chi connectivity index (χ1v) is 8.83. The lowest BCUT2D eigenvalue weighted by atomic mass is 9.79. The van der Waals surface area contributed by atoms with Crippen LogP contribution >= 0.6 is 0 Å². The van der Waals surface area contributed by atoms with Gasteiger partial charge < -0.3 is 10.2 Å². The van der Waals surface area contributed by atoms with Crippen molar-refractivity contribution in [3.63, 3.8) is 0 Å². The number of carbonyl (C=O) groups excluding carboxylic acids is 1. The number of carbonyl (C=O) groups is 1. The van der Waals surface area contributed by atoms with Crippen LogP contribution in [0, 0.1) is 17.2 Å².